The van der Waals surface area contributed by atoms with Crippen molar-refractivity contribution in [2.75, 3.05) is 11.9 Å². The highest BCUT2D eigenvalue weighted by Crippen LogP contribution is 2.26. The number of nitrogens with zero attached hydrogens (tertiary/aromatic N) is 2. The molecule has 4 aromatic rings. The molecule has 0 unspecified atom stereocenters. The van der Waals surface area contributed by atoms with Crippen molar-refractivity contribution >= 4 is 34.3 Å². The van der Waals surface area contributed by atoms with Gasteiger partial charge >= 0.3 is 0 Å². The molecule has 0 aliphatic carbocycles. The Morgan fingerprint density at radius 3 is 2.44 bits per heavy atom. The number of para-hydroxylation sites is 2. The first kappa shape index (κ1) is 21.6. The highest BCUT2D eigenvalue weighted by Gasteiger charge is 2.20. The zero-order valence-electron chi connectivity index (χ0n) is 17.8. The largest absolute Gasteiger partial charge is 0.494 e. The van der Waals surface area contributed by atoms with Crippen molar-refractivity contribution in [2.24, 2.45) is 0 Å². The fourth-order valence-corrected chi connectivity index (χ4v) is 4.18. The first-order valence-corrected chi connectivity index (χ1v) is 11.2. The number of hydrogen-bond donors (Lipinski definition) is 1. The maximum absolute atomic E-state index is 13.4. The van der Waals surface area contributed by atoms with Gasteiger partial charge in [-0.05, 0) is 62.4 Å². The van der Waals surface area contributed by atoms with Crippen molar-refractivity contribution in [3.05, 3.63) is 89.2 Å². The maximum Gasteiger partial charge on any atom is 0.266 e. The summed E-state index contributed by atoms with van der Waals surface area (Å²) >= 11 is 1.24. The van der Waals surface area contributed by atoms with Crippen LogP contribution in [0.15, 0.2) is 88.8 Å². The van der Waals surface area contributed by atoms with E-state index in [-0.39, 0.29) is 11.5 Å². The van der Waals surface area contributed by atoms with E-state index in [1.165, 1.54) is 11.8 Å². The van der Waals surface area contributed by atoms with Crippen LogP contribution in [-0.2, 0) is 4.79 Å². The van der Waals surface area contributed by atoms with Gasteiger partial charge in [0.15, 0.2) is 5.16 Å². The SMILES string of the molecule is CCOc1ccc(-n2c(S[C@@H](C)C(=O)Nc3ccccc3)nc3ccccc3c2=O)cc1. The lowest BCUT2D eigenvalue weighted by Crippen LogP contribution is -2.26. The average Bonchev–Trinajstić information content (AvgIpc) is 2.81. The number of aromatic nitrogens is 2. The van der Waals surface area contributed by atoms with Crippen LogP contribution >= 0.6 is 11.8 Å². The van der Waals surface area contributed by atoms with Crippen LogP contribution in [-0.4, -0.2) is 27.3 Å². The number of carbonyl (C=O) groups is 1. The van der Waals surface area contributed by atoms with Gasteiger partial charge in [-0.2, -0.15) is 0 Å². The molecular weight excluding hydrogens is 422 g/mol. The summed E-state index contributed by atoms with van der Waals surface area (Å²) < 4.78 is 7.07. The number of fused-ring (bicyclic) bond motifs is 1. The standard InChI is InChI=1S/C25H23N3O3S/c1-3-31-20-15-13-19(14-16-20)28-24(30)21-11-7-8-12-22(21)27-25(28)32-17(2)23(29)26-18-9-5-4-6-10-18/h4-17H,3H2,1-2H3,(H,26,29)/t17-/m0/s1. The molecule has 1 heterocycles. The summed E-state index contributed by atoms with van der Waals surface area (Å²) in [5.74, 6) is 0.560. The van der Waals surface area contributed by atoms with Gasteiger partial charge in [0, 0.05) is 5.69 Å². The van der Waals surface area contributed by atoms with Crippen molar-refractivity contribution in [3.63, 3.8) is 0 Å². The second-order valence-corrected chi connectivity index (χ2v) is 8.40. The number of hydrogen-bond acceptors (Lipinski definition) is 5. The molecule has 6 nitrogen and oxygen atoms in total. The summed E-state index contributed by atoms with van der Waals surface area (Å²) in [5.41, 5.74) is 1.80. The van der Waals surface area contributed by atoms with Gasteiger partial charge in [0.25, 0.3) is 5.56 Å². The van der Waals surface area contributed by atoms with Crippen LogP contribution in [0.5, 0.6) is 5.75 Å². The van der Waals surface area contributed by atoms with Crippen LogP contribution in [0, 0.1) is 0 Å². The topological polar surface area (TPSA) is 73.2 Å². The minimum absolute atomic E-state index is 0.165. The van der Waals surface area contributed by atoms with E-state index in [0.29, 0.717) is 28.4 Å². The number of nitrogens with one attached hydrogen (secondary N) is 1. The lowest BCUT2D eigenvalue weighted by atomic mass is 10.2. The van der Waals surface area contributed by atoms with Crippen LogP contribution in [0.2, 0.25) is 0 Å². The molecule has 1 amide bonds. The van der Waals surface area contributed by atoms with Crippen LogP contribution in [0.25, 0.3) is 16.6 Å². The van der Waals surface area contributed by atoms with Gasteiger partial charge in [0.2, 0.25) is 5.91 Å². The Bertz CT molecular complexity index is 1290. The van der Waals surface area contributed by atoms with E-state index in [0.717, 1.165) is 11.4 Å². The van der Waals surface area contributed by atoms with E-state index in [4.69, 9.17) is 9.72 Å². The Hall–Kier alpha value is -3.58. The Morgan fingerprint density at radius 1 is 1.03 bits per heavy atom. The van der Waals surface area contributed by atoms with Gasteiger partial charge in [0.1, 0.15) is 5.75 Å². The zero-order valence-corrected chi connectivity index (χ0v) is 18.6. The molecule has 0 bridgehead atoms. The number of carbonyl (C=O) groups excluding carboxylic acids is 1. The Balaban J connectivity index is 1.71. The summed E-state index contributed by atoms with van der Waals surface area (Å²) in [7, 11) is 0. The summed E-state index contributed by atoms with van der Waals surface area (Å²) in [6.07, 6.45) is 0. The van der Waals surface area contributed by atoms with Gasteiger partial charge in [-0.25, -0.2) is 4.98 Å². The molecule has 1 N–H and O–H groups in total. The van der Waals surface area contributed by atoms with E-state index >= 15 is 0 Å². The molecule has 32 heavy (non-hydrogen) atoms. The minimum atomic E-state index is -0.475. The lowest BCUT2D eigenvalue weighted by molar-refractivity contribution is -0.115. The normalized spacial score (nSPS) is 11.8. The highest BCUT2D eigenvalue weighted by atomic mass is 32.2. The fraction of sp³-hybridized carbons (Fsp3) is 0.160. The average molecular weight is 446 g/mol. The quantitative estimate of drug-likeness (QED) is 0.323. The van der Waals surface area contributed by atoms with E-state index in [1.807, 2.05) is 73.7 Å². The molecule has 4 rings (SSSR count). The number of anilines is 1. The maximum atomic E-state index is 13.4. The molecule has 0 aliphatic heterocycles. The molecule has 162 valence electrons. The van der Waals surface area contributed by atoms with Crippen molar-refractivity contribution < 1.29 is 9.53 Å². The summed E-state index contributed by atoms with van der Waals surface area (Å²) in [4.78, 5) is 30.9. The molecule has 1 atom stereocenters. The molecule has 0 spiro atoms. The molecule has 0 saturated carbocycles. The first-order chi connectivity index (χ1) is 15.6. The number of benzene rings is 3. The van der Waals surface area contributed by atoms with Crippen LogP contribution in [0.1, 0.15) is 13.8 Å². The van der Waals surface area contributed by atoms with Gasteiger partial charge < -0.3 is 10.1 Å². The Kier molecular flexibility index (Phi) is 6.56. The van der Waals surface area contributed by atoms with Crippen LogP contribution in [0.4, 0.5) is 5.69 Å². The number of rotatable bonds is 7. The molecule has 7 heteroatoms. The van der Waals surface area contributed by atoms with Crippen molar-refractivity contribution in [1.29, 1.82) is 0 Å². The van der Waals surface area contributed by atoms with E-state index in [2.05, 4.69) is 5.32 Å². The Labute approximate surface area is 190 Å². The summed E-state index contributed by atoms with van der Waals surface area (Å²) in [6.45, 7) is 4.28. The molecule has 1 aromatic heterocycles. The van der Waals surface area contributed by atoms with Gasteiger partial charge in [-0.1, -0.05) is 42.1 Å². The van der Waals surface area contributed by atoms with Gasteiger partial charge in [0.05, 0.1) is 28.4 Å². The fourth-order valence-electron chi connectivity index (χ4n) is 3.25. The molecule has 0 fully saturated rings. The van der Waals surface area contributed by atoms with Gasteiger partial charge in [-0.15, -0.1) is 0 Å². The van der Waals surface area contributed by atoms with Crippen LogP contribution in [0.3, 0.4) is 0 Å². The highest BCUT2D eigenvalue weighted by molar-refractivity contribution is 8.00. The molecule has 0 aliphatic rings. The van der Waals surface area contributed by atoms with Crippen LogP contribution < -0.4 is 15.6 Å². The monoisotopic (exact) mass is 445 g/mol. The third kappa shape index (κ3) is 4.68. The number of amides is 1. The van der Waals surface area contributed by atoms with Crippen molar-refractivity contribution in [2.45, 2.75) is 24.3 Å². The third-order valence-electron chi connectivity index (χ3n) is 4.84. The minimum Gasteiger partial charge on any atom is -0.494 e. The molecular formula is C25H23N3O3S. The second kappa shape index (κ2) is 9.70. The molecule has 3 aromatic carbocycles. The summed E-state index contributed by atoms with van der Waals surface area (Å²) in [5, 5.41) is 3.40. The summed E-state index contributed by atoms with van der Waals surface area (Å²) in [6, 6.07) is 23.8. The second-order valence-electron chi connectivity index (χ2n) is 7.09. The van der Waals surface area contributed by atoms with Crippen molar-refractivity contribution in [1.82, 2.24) is 9.55 Å². The third-order valence-corrected chi connectivity index (χ3v) is 5.90. The molecule has 0 saturated heterocycles. The predicted molar refractivity (Wildman–Crippen MR) is 129 cm³/mol. The first-order valence-electron chi connectivity index (χ1n) is 10.3. The predicted octanol–water partition coefficient (Wildman–Crippen LogP) is 4.90. The molecule has 0 radical (unpaired) electrons. The zero-order chi connectivity index (χ0) is 22.5. The van der Waals surface area contributed by atoms with E-state index in [9.17, 15) is 9.59 Å². The van der Waals surface area contributed by atoms with Gasteiger partial charge in [-0.3, -0.25) is 14.2 Å². The Morgan fingerprint density at radius 2 is 1.72 bits per heavy atom. The van der Waals surface area contributed by atoms with E-state index < -0.39 is 5.25 Å². The van der Waals surface area contributed by atoms with E-state index in [1.54, 1.807) is 23.6 Å². The smallest absolute Gasteiger partial charge is 0.266 e. The number of thioether (sulfide) groups is 1. The lowest BCUT2D eigenvalue weighted by Gasteiger charge is -2.17. The number of ether oxygens (including phenoxy) is 1. The van der Waals surface area contributed by atoms with Crippen molar-refractivity contribution in [3.8, 4) is 11.4 Å².